The van der Waals surface area contributed by atoms with E-state index in [0.717, 1.165) is 47.4 Å². The Morgan fingerprint density at radius 1 is 1.30 bits per heavy atom. The fourth-order valence-corrected chi connectivity index (χ4v) is 3.65. The summed E-state index contributed by atoms with van der Waals surface area (Å²) >= 11 is 1.37. The maximum atomic E-state index is 12.2. The Bertz CT molecular complexity index is 778. The number of nitrogens with zero attached hydrogens (tertiary/aromatic N) is 3. The summed E-state index contributed by atoms with van der Waals surface area (Å²) < 4.78 is 0. The molecule has 0 saturated heterocycles. The molecule has 3 rings (SSSR count). The van der Waals surface area contributed by atoms with E-state index in [2.05, 4.69) is 21.4 Å². The smallest absolute Gasteiger partial charge is 0.231 e. The van der Waals surface area contributed by atoms with Gasteiger partial charge in [-0.05, 0) is 44.7 Å². The quantitative estimate of drug-likeness (QED) is 0.874. The molecule has 2 aromatic rings. The maximum absolute atomic E-state index is 12.2. The van der Waals surface area contributed by atoms with Crippen LogP contribution in [0.2, 0.25) is 0 Å². The van der Waals surface area contributed by atoms with Gasteiger partial charge in [0.15, 0.2) is 0 Å². The van der Waals surface area contributed by atoms with Crippen LogP contribution in [0.25, 0.3) is 11.0 Å². The minimum Gasteiger partial charge on any atom is -0.337 e. The molecule has 1 aliphatic rings. The second kappa shape index (κ2) is 6.55. The van der Waals surface area contributed by atoms with Crippen molar-refractivity contribution >= 4 is 28.7 Å². The molecular formula is C17H18N4OS. The van der Waals surface area contributed by atoms with Gasteiger partial charge >= 0.3 is 0 Å². The standard InChI is InChI=1S/C17H18N4OS/c1-12-16(20-14-7-3-2-6-13(14)19-12)23-10-15(22)21-17(11-18)8-4-5-9-17/h2-3,6-7H,4-5,8-10H2,1H3,(H,21,22). The number of hydrogen-bond acceptors (Lipinski definition) is 5. The highest BCUT2D eigenvalue weighted by atomic mass is 32.2. The first-order valence-electron chi connectivity index (χ1n) is 7.70. The summed E-state index contributed by atoms with van der Waals surface area (Å²) in [5.74, 6) is 0.130. The summed E-state index contributed by atoms with van der Waals surface area (Å²) in [6, 6.07) is 9.96. The first kappa shape index (κ1) is 15.8. The van der Waals surface area contributed by atoms with E-state index in [-0.39, 0.29) is 11.7 Å². The molecule has 1 amide bonds. The minimum atomic E-state index is -0.665. The lowest BCUT2D eigenvalue weighted by atomic mass is 10.0. The second-order valence-corrected chi connectivity index (χ2v) is 6.80. The molecule has 0 bridgehead atoms. The molecular weight excluding hydrogens is 308 g/mol. The third-order valence-corrected chi connectivity index (χ3v) is 5.16. The van der Waals surface area contributed by atoms with E-state index >= 15 is 0 Å². The van der Waals surface area contributed by atoms with Gasteiger partial charge in [-0.2, -0.15) is 5.26 Å². The molecule has 1 saturated carbocycles. The number of hydrogen-bond donors (Lipinski definition) is 1. The molecule has 1 aromatic carbocycles. The van der Waals surface area contributed by atoms with Crippen molar-refractivity contribution in [3.8, 4) is 6.07 Å². The average Bonchev–Trinajstić information content (AvgIpc) is 3.02. The Hall–Kier alpha value is -2.13. The molecule has 0 radical (unpaired) electrons. The summed E-state index contributed by atoms with van der Waals surface area (Å²) in [7, 11) is 0. The normalized spacial score (nSPS) is 16.2. The minimum absolute atomic E-state index is 0.118. The van der Waals surface area contributed by atoms with Gasteiger partial charge in [0.1, 0.15) is 10.6 Å². The zero-order valence-corrected chi connectivity index (χ0v) is 13.8. The van der Waals surface area contributed by atoms with Crippen LogP contribution in [0.15, 0.2) is 29.3 Å². The van der Waals surface area contributed by atoms with Crippen LogP contribution >= 0.6 is 11.8 Å². The van der Waals surface area contributed by atoms with Crippen molar-refractivity contribution in [3.05, 3.63) is 30.0 Å². The Balaban J connectivity index is 1.67. The fourth-order valence-electron chi connectivity index (χ4n) is 2.89. The second-order valence-electron chi connectivity index (χ2n) is 5.84. The zero-order valence-electron chi connectivity index (χ0n) is 13.0. The third kappa shape index (κ3) is 3.45. The Morgan fingerprint density at radius 2 is 1.96 bits per heavy atom. The number of benzene rings is 1. The topological polar surface area (TPSA) is 78.7 Å². The Morgan fingerprint density at radius 3 is 2.61 bits per heavy atom. The molecule has 118 valence electrons. The van der Waals surface area contributed by atoms with Gasteiger partial charge in [-0.1, -0.05) is 23.9 Å². The van der Waals surface area contributed by atoms with Gasteiger partial charge in [0.05, 0.1) is 28.5 Å². The molecule has 5 nitrogen and oxygen atoms in total. The van der Waals surface area contributed by atoms with Crippen molar-refractivity contribution in [2.45, 2.75) is 43.2 Å². The number of aromatic nitrogens is 2. The van der Waals surface area contributed by atoms with Gasteiger partial charge < -0.3 is 5.32 Å². The lowest BCUT2D eigenvalue weighted by molar-refractivity contribution is -0.119. The highest BCUT2D eigenvalue weighted by Crippen LogP contribution is 2.29. The van der Waals surface area contributed by atoms with Gasteiger partial charge in [-0.3, -0.25) is 4.79 Å². The van der Waals surface area contributed by atoms with Crippen LogP contribution in [-0.2, 0) is 4.79 Å². The number of thioether (sulfide) groups is 1. The summed E-state index contributed by atoms with van der Waals surface area (Å²) in [4.78, 5) is 21.3. The molecule has 0 unspecified atom stereocenters. The maximum Gasteiger partial charge on any atom is 0.231 e. The molecule has 1 fully saturated rings. The van der Waals surface area contributed by atoms with Crippen molar-refractivity contribution in [1.29, 1.82) is 5.26 Å². The van der Waals surface area contributed by atoms with Crippen LogP contribution < -0.4 is 5.32 Å². The number of para-hydroxylation sites is 2. The van der Waals surface area contributed by atoms with Gasteiger partial charge in [0.2, 0.25) is 5.91 Å². The number of carbonyl (C=O) groups is 1. The Labute approximate surface area is 139 Å². The monoisotopic (exact) mass is 326 g/mol. The fraction of sp³-hybridized carbons (Fsp3) is 0.412. The predicted octanol–water partition coefficient (Wildman–Crippen LogP) is 2.98. The number of nitriles is 1. The third-order valence-electron chi connectivity index (χ3n) is 4.09. The summed E-state index contributed by atoms with van der Waals surface area (Å²) in [5, 5.41) is 13.0. The van der Waals surface area contributed by atoms with Crippen LogP contribution in [0.1, 0.15) is 31.4 Å². The highest BCUT2D eigenvalue weighted by Gasteiger charge is 2.35. The number of nitrogens with one attached hydrogen (secondary N) is 1. The van der Waals surface area contributed by atoms with Gasteiger partial charge in [0.25, 0.3) is 0 Å². The van der Waals surface area contributed by atoms with Crippen LogP contribution in [0.3, 0.4) is 0 Å². The van der Waals surface area contributed by atoms with Crippen molar-refractivity contribution in [3.63, 3.8) is 0 Å². The van der Waals surface area contributed by atoms with E-state index in [0.29, 0.717) is 0 Å². The van der Waals surface area contributed by atoms with Gasteiger partial charge in [-0.25, -0.2) is 9.97 Å². The lowest BCUT2D eigenvalue weighted by Crippen LogP contribution is -2.45. The van der Waals surface area contributed by atoms with Crippen LogP contribution in [0.5, 0.6) is 0 Å². The Kier molecular flexibility index (Phi) is 4.49. The number of carbonyl (C=O) groups excluding carboxylic acids is 1. The molecule has 1 aromatic heterocycles. The molecule has 6 heteroatoms. The zero-order chi connectivity index (χ0) is 16.3. The molecule has 0 atom stereocenters. The van der Waals surface area contributed by atoms with Gasteiger partial charge in [0, 0.05) is 0 Å². The number of aryl methyl sites for hydroxylation is 1. The largest absolute Gasteiger partial charge is 0.337 e. The van der Waals surface area contributed by atoms with Crippen LogP contribution in [-0.4, -0.2) is 27.2 Å². The highest BCUT2D eigenvalue weighted by molar-refractivity contribution is 7.99. The van der Waals surface area contributed by atoms with Crippen molar-refractivity contribution in [2.24, 2.45) is 0 Å². The first-order valence-corrected chi connectivity index (χ1v) is 8.69. The number of amides is 1. The summed E-state index contributed by atoms with van der Waals surface area (Å²) in [5.41, 5.74) is 1.83. The van der Waals surface area contributed by atoms with Crippen LogP contribution in [0.4, 0.5) is 0 Å². The van der Waals surface area contributed by atoms with Crippen molar-refractivity contribution < 1.29 is 4.79 Å². The van der Waals surface area contributed by atoms with E-state index in [1.54, 1.807) is 0 Å². The molecule has 1 heterocycles. The van der Waals surface area contributed by atoms with E-state index in [1.807, 2.05) is 31.2 Å². The van der Waals surface area contributed by atoms with E-state index in [1.165, 1.54) is 11.8 Å². The first-order chi connectivity index (χ1) is 11.1. The van der Waals surface area contributed by atoms with E-state index < -0.39 is 5.54 Å². The molecule has 0 spiro atoms. The van der Waals surface area contributed by atoms with Crippen molar-refractivity contribution in [2.75, 3.05) is 5.75 Å². The molecule has 23 heavy (non-hydrogen) atoms. The van der Waals surface area contributed by atoms with Gasteiger partial charge in [-0.15, -0.1) is 0 Å². The predicted molar refractivity (Wildman–Crippen MR) is 90.0 cm³/mol. The number of fused-ring (bicyclic) bond motifs is 1. The van der Waals surface area contributed by atoms with Crippen LogP contribution in [0, 0.1) is 18.3 Å². The lowest BCUT2D eigenvalue weighted by Gasteiger charge is -2.21. The number of rotatable bonds is 4. The van der Waals surface area contributed by atoms with E-state index in [9.17, 15) is 10.1 Å². The molecule has 1 aliphatic carbocycles. The molecule has 0 aliphatic heterocycles. The SMILES string of the molecule is Cc1nc2ccccc2nc1SCC(=O)NC1(C#N)CCCC1. The van der Waals surface area contributed by atoms with E-state index in [4.69, 9.17) is 0 Å². The molecule has 1 N–H and O–H groups in total. The summed E-state index contributed by atoms with van der Waals surface area (Å²) in [6.07, 6.45) is 3.48. The summed E-state index contributed by atoms with van der Waals surface area (Å²) in [6.45, 7) is 1.90. The average molecular weight is 326 g/mol. The van der Waals surface area contributed by atoms with Crippen molar-refractivity contribution in [1.82, 2.24) is 15.3 Å².